The molecule has 1 N–H and O–H groups in total. The summed E-state index contributed by atoms with van der Waals surface area (Å²) in [5, 5.41) is 3.30. The highest BCUT2D eigenvalue weighted by molar-refractivity contribution is 5.97. The van der Waals surface area contributed by atoms with Gasteiger partial charge in [0.15, 0.2) is 0 Å². The zero-order chi connectivity index (χ0) is 24.4. The Bertz CT molecular complexity index is 1430. The molecule has 8 heteroatoms. The van der Waals surface area contributed by atoms with E-state index in [1.165, 1.54) is 16.7 Å². The normalized spacial score (nSPS) is 13.3. The predicted molar refractivity (Wildman–Crippen MR) is 133 cm³/mol. The Kier molecular flexibility index (Phi) is 6.18. The number of anilines is 1. The van der Waals surface area contributed by atoms with Crippen molar-refractivity contribution >= 4 is 22.8 Å². The van der Waals surface area contributed by atoms with Gasteiger partial charge in [0, 0.05) is 25.2 Å². The van der Waals surface area contributed by atoms with Crippen molar-refractivity contribution in [2.24, 2.45) is 0 Å². The second-order valence-corrected chi connectivity index (χ2v) is 8.49. The predicted octanol–water partition coefficient (Wildman–Crippen LogP) is 4.06. The van der Waals surface area contributed by atoms with Gasteiger partial charge in [-0.05, 0) is 73.0 Å². The van der Waals surface area contributed by atoms with Crippen LogP contribution in [0, 0.1) is 5.82 Å². The summed E-state index contributed by atoms with van der Waals surface area (Å²) in [5.74, 6) is 0.627. The standard InChI is InChI=1S/C27H25FN4O3/c1-35-22-11-4-18(5-12-22)17-29-25(33)19-6-13-23-24(16-19)30-27(31-14-2-3-15-31)32(26(23)34)21-9-7-20(28)8-10-21/h4-13,16H,2-3,14-15,17H2,1H3,(H,29,33). The van der Waals surface area contributed by atoms with Crippen LogP contribution in [0.4, 0.5) is 10.3 Å². The van der Waals surface area contributed by atoms with Crippen LogP contribution in [0.1, 0.15) is 28.8 Å². The molecule has 1 aliphatic heterocycles. The minimum absolute atomic E-state index is 0.255. The Balaban J connectivity index is 1.49. The quantitative estimate of drug-likeness (QED) is 0.458. The van der Waals surface area contributed by atoms with Gasteiger partial charge in [0.25, 0.3) is 11.5 Å². The number of amides is 1. The molecule has 7 nitrogen and oxygen atoms in total. The van der Waals surface area contributed by atoms with Gasteiger partial charge in [0.1, 0.15) is 11.6 Å². The van der Waals surface area contributed by atoms with Crippen molar-refractivity contribution in [1.82, 2.24) is 14.9 Å². The van der Waals surface area contributed by atoms with Crippen molar-refractivity contribution in [3.8, 4) is 11.4 Å². The number of carbonyl (C=O) groups is 1. The molecule has 1 fully saturated rings. The lowest BCUT2D eigenvalue weighted by molar-refractivity contribution is 0.0951. The molecule has 0 bridgehead atoms. The molecule has 0 aliphatic carbocycles. The Morgan fingerprint density at radius 1 is 1.03 bits per heavy atom. The fourth-order valence-corrected chi connectivity index (χ4v) is 4.30. The molecular formula is C27H25FN4O3. The molecule has 35 heavy (non-hydrogen) atoms. The number of hydrogen-bond acceptors (Lipinski definition) is 5. The second-order valence-electron chi connectivity index (χ2n) is 8.49. The highest BCUT2D eigenvalue weighted by atomic mass is 19.1. The van der Waals surface area contributed by atoms with Gasteiger partial charge in [-0.2, -0.15) is 0 Å². The minimum atomic E-state index is -0.372. The SMILES string of the molecule is COc1ccc(CNC(=O)c2ccc3c(=O)n(-c4ccc(F)cc4)c(N4CCCC4)nc3c2)cc1. The average Bonchev–Trinajstić information content (AvgIpc) is 3.43. The molecule has 1 amide bonds. The lowest BCUT2D eigenvalue weighted by Gasteiger charge is -2.22. The molecule has 0 unspecified atom stereocenters. The molecule has 0 saturated carbocycles. The smallest absolute Gasteiger partial charge is 0.267 e. The maximum atomic E-state index is 13.5. The van der Waals surface area contributed by atoms with Crippen LogP contribution in [-0.4, -0.2) is 35.7 Å². The Morgan fingerprint density at radius 3 is 2.43 bits per heavy atom. The van der Waals surface area contributed by atoms with Gasteiger partial charge in [-0.25, -0.2) is 13.9 Å². The zero-order valence-electron chi connectivity index (χ0n) is 19.3. The van der Waals surface area contributed by atoms with Gasteiger partial charge in [-0.15, -0.1) is 0 Å². The molecular weight excluding hydrogens is 447 g/mol. The second kappa shape index (κ2) is 9.58. The number of carbonyl (C=O) groups excluding carboxylic acids is 1. The van der Waals surface area contributed by atoms with E-state index in [-0.39, 0.29) is 17.3 Å². The van der Waals surface area contributed by atoms with Crippen LogP contribution in [0.2, 0.25) is 0 Å². The number of nitrogens with one attached hydrogen (secondary N) is 1. The van der Waals surface area contributed by atoms with Crippen LogP contribution >= 0.6 is 0 Å². The first kappa shape index (κ1) is 22.6. The third-order valence-corrected chi connectivity index (χ3v) is 6.20. The maximum absolute atomic E-state index is 13.5. The number of ether oxygens (including phenoxy) is 1. The first-order valence-electron chi connectivity index (χ1n) is 11.5. The van der Waals surface area contributed by atoms with Crippen LogP contribution in [0.25, 0.3) is 16.6 Å². The van der Waals surface area contributed by atoms with Crippen molar-refractivity contribution in [2.45, 2.75) is 19.4 Å². The summed E-state index contributed by atoms with van der Waals surface area (Å²) in [6.07, 6.45) is 2.01. The Hall–Kier alpha value is -4.20. The summed E-state index contributed by atoms with van der Waals surface area (Å²) >= 11 is 0. The van der Waals surface area contributed by atoms with Crippen molar-refractivity contribution in [3.05, 3.63) is 94.0 Å². The number of halogens is 1. The number of rotatable bonds is 6. The number of fused-ring (bicyclic) bond motifs is 1. The monoisotopic (exact) mass is 472 g/mol. The van der Waals surface area contributed by atoms with E-state index in [9.17, 15) is 14.0 Å². The number of benzene rings is 3. The fraction of sp³-hybridized carbons (Fsp3) is 0.222. The molecule has 2 heterocycles. The highest BCUT2D eigenvalue weighted by Crippen LogP contribution is 2.24. The minimum Gasteiger partial charge on any atom is -0.497 e. The van der Waals surface area contributed by atoms with Crippen LogP contribution < -0.4 is 20.5 Å². The van der Waals surface area contributed by atoms with Crippen molar-refractivity contribution in [3.63, 3.8) is 0 Å². The highest BCUT2D eigenvalue weighted by Gasteiger charge is 2.22. The first-order chi connectivity index (χ1) is 17.0. The van der Waals surface area contributed by atoms with Crippen LogP contribution in [0.15, 0.2) is 71.5 Å². The third-order valence-electron chi connectivity index (χ3n) is 6.20. The largest absolute Gasteiger partial charge is 0.497 e. The molecule has 5 rings (SSSR count). The van der Waals surface area contributed by atoms with Crippen LogP contribution in [0.5, 0.6) is 5.75 Å². The molecule has 0 atom stereocenters. The summed E-state index contributed by atoms with van der Waals surface area (Å²) in [5.41, 5.74) is 2.11. The molecule has 3 aromatic carbocycles. The molecule has 0 radical (unpaired) electrons. The molecule has 1 aliphatic rings. The van der Waals surface area contributed by atoms with E-state index in [4.69, 9.17) is 9.72 Å². The lowest BCUT2D eigenvalue weighted by atomic mass is 10.1. The van der Waals surface area contributed by atoms with E-state index >= 15 is 0 Å². The van der Waals surface area contributed by atoms with E-state index in [0.29, 0.717) is 34.6 Å². The molecule has 0 spiro atoms. The lowest BCUT2D eigenvalue weighted by Crippen LogP contribution is -2.30. The number of hydrogen-bond donors (Lipinski definition) is 1. The van der Waals surface area contributed by atoms with Crippen molar-refractivity contribution in [1.29, 1.82) is 0 Å². The molecule has 4 aromatic rings. The zero-order valence-corrected chi connectivity index (χ0v) is 19.3. The van der Waals surface area contributed by atoms with E-state index in [2.05, 4.69) is 10.2 Å². The van der Waals surface area contributed by atoms with Gasteiger partial charge >= 0.3 is 0 Å². The fourth-order valence-electron chi connectivity index (χ4n) is 4.30. The summed E-state index contributed by atoms with van der Waals surface area (Å²) in [4.78, 5) is 33.2. The van der Waals surface area contributed by atoms with Crippen molar-refractivity contribution in [2.75, 3.05) is 25.1 Å². The maximum Gasteiger partial charge on any atom is 0.267 e. The van der Waals surface area contributed by atoms with Crippen molar-refractivity contribution < 1.29 is 13.9 Å². The van der Waals surface area contributed by atoms with Gasteiger partial charge in [0.2, 0.25) is 5.95 Å². The van der Waals surface area contributed by atoms with E-state index in [1.807, 2.05) is 24.3 Å². The number of nitrogens with zero attached hydrogens (tertiary/aromatic N) is 3. The summed E-state index contributed by atoms with van der Waals surface area (Å²) in [6, 6.07) is 18.2. The Morgan fingerprint density at radius 2 is 1.74 bits per heavy atom. The Labute approximate surface area is 201 Å². The van der Waals surface area contributed by atoms with E-state index < -0.39 is 0 Å². The van der Waals surface area contributed by atoms with Gasteiger partial charge < -0.3 is 15.0 Å². The topological polar surface area (TPSA) is 76.5 Å². The summed E-state index contributed by atoms with van der Waals surface area (Å²) in [7, 11) is 1.61. The van der Waals surface area contributed by atoms with Gasteiger partial charge in [-0.1, -0.05) is 12.1 Å². The van der Waals surface area contributed by atoms with Crippen LogP contribution in [0.3, 0.4) is 0 Å². The first-order valence-corrected chi connectivity index (χ1v) is 11.5. The van der Waals surface area contributed by atoms with Crippen LogP contribution in [-0.2, 0) is 6.54 Å². The average molecular weight is 473 g/mol. The molecule has 1 saturated heterocycles. The van der Waals surface area contributed by atoms with Gasteiger partial charge in [-0.3, -0.25) is 9.59 Å². The third kappa shape index (κ3) is 4.59. The van der Waals surface area contributed by atoms with E-state index in [0.717, 1.165) is 37.2 Å². The number of aromatic nitrogens is 2. The summed E-state index contributed by atoms with van der Waals surface area (Å²) in [6.45, 7) is 1.92. The molecule has 178 valence electrons. The molecule has 1 aromatic heterocycles. The number of methoxy groups -OCH3 is 1. The van der Waals surface area contributed by atoms with Gasteiger partial charge in [0.05, 0.1) is 23.7 Å². The van der Waals surface area contributed by atoms with E-state index in [1.54, 1.807) is 37.4 Å². The summed E-state index contributed by atoms with van der Waals surface area (Å²) < 4.78 is 20.2.